The van der Waals surface area contributed by atoms with Crippen LogP contribution >= 0.6 is 12.4 Å². The van der Waals surface area contributed by atoms with Crippen molar-refractivity contribution in [3.63, 3.8) is 0 Å². The Hall–Kier alpha value is -1.85. The molecule has 130 valence electrons. The van der Waals surface area contributed by atoms with Gasteiger partial charge in [-0.25, -0.2) is 4.68 Å². The highest BCUT2D eigenvalue weighted by Crippen LogP contribution is 2.27. The maximum absolute atomic E-state index is 12.3. The van der Waals surface area contributed by atoms with Crippen LogP contribution < -0.4 is 11.1 Å². The van der Waals surface area contributed by atoms with Crippen LogP contribution in [0, 0.1) is 5.92 Å². The Kier molecular flexibility index (Phi) is 6.40. The van der Waals surface area contributed by atoms with E-state index in [0.717, 1.165) is 30.5 Å². The summed E-state index contributed by atoms with van der Waals surface area (Å²) >= 11 is 0. The van der Waals surface area contributed by atoms with Crippen molar-refractivity contribution in [3.8, 4) is 5.69 Å². The van der Waals surface area contributed by atoms with Crippen molar-refractivity contribution in [2.45, 2.75) is 44.7 Å². The van der Waals surface area contributed by atoms with Crippen LogP contribution in [-0.2, 0) is 4.79 Å². The summed E-state index contributed by atoms with van der Waals surface area (Å²) in [6.07, 6.45) is 7.44. The van der Waals surface area contributed by atoms with E-state index in [0.29, 0.717) is 12.3 Å². The van der Waals surface area contributed by atoms with Crippen LogP contribution in [0.1, 0.15) is 44.2 Å². The van der Waals surface area contributed by atoms with Gasteiger partial charge < -0.3 is 11.1 Å². The summed E-state index contributed by atoms with van der Waals surface area (Å²) in [6, 6.07) is 10.1. The highest BCUT2D eigenvalue weighted by atomic mass is 35.5. The average Bonchev–Trinajstić information content (AvgIpc) is 3.20. The number of carbonyl (C=O) groups is 1. The maximum atomic E-state index is 12.3. The molecule has 0 aliphatic heterocycles. The molecule has 5 nitrogen and oxygen atoms in total. The molecular formula is C18H25ClN4O. The van der Waals surface area contributed by atoms with Crippen molar-refractivity contribution in [2.24, 2.45) is 11.7 Å². The predicted molar refractivity (Wildman–Crippen MR) is 97.3 cm³/mol. The van der Waals surface area contributed by atoms with E-state index in [1.54, 1.807) is 6.20 Å². The molecule has 1 fully saturated rings. The van der Waals surface area contributed by atoms with Gasteiger partial charge in [-0.15, -0.1) is 12.4 Å². The minimum absolute atomic E-state index is 0. The number of halogens is 1. The fourth-order valence-electron chi connectivity index (χ4n) is 3.30. The van der Waals surface area contributed by atoms with Crippen molar-refractivity contribution in [1.29, 1.82) is 0 Å². The SMILES string of the molecule is CC(NC(=O)C[C@@H]1CCC[C@H]1N)c1cccc(-n2cccn2)c1.Cl. The molecule has 1 aromatic heterocycles. The monoisotopic (exact) mass is 348 g/mol. The lowest BCUT2D eigenvalue weighted by atomic mass is 9.99. The van der Waals surface area contributed by atoms with E-state index in [1.165, 1.54) is 0 Å². The van der Waals surface area contributed by atoms with Crippen LogP contribution in [0.25, 0.3) is 5.69 Å². The Morgan fingerprint density at radius 3 is 2.92 bits per heavy atom. The third-order valence-corrected chi connectivity index (χ3v) is 4.68. The quantitative estimate of drug-likeness (QED) is 0.872. The molecule has 1 unspecified atom stereocenters. The molecule has 0 saturated heterocycles. The van der Waals surface area contributed by atoms with Gasteiger partial charge in [-0.3, -0.25) is 4.79 Å². The summed E-state index contributed by atoms with van der Waals surface area (Å²) in [6.45, 7) is 2.01. The van der Waals surface area contributed by atoms with E-state index in [2.05, 4.69) is 16.5 Å². The van der Waals surface area contributed by atoms with Crippen LogP contribution in [0.15, 0.2) is 42.7 Å². The third kappa shape index (κ3) is 4.36. The molecule has 0 spiro atoms. The Morgan fingerprint density at radius 1 is 1.42 bits per heavy atom. The number of rotatable bonds is 5. The first-order valence-electron chi connectivity index (χ1n) is 8.28. The zero-order valence-corrected chi connectivity index (χ0v) is 14.7. The first kappa shape index (κ1) is 18.5. The number of benzene rings is 1. The molecule has 0 bridgehead atoms. The Morgan fingerprint density at radius 2 is 2.25 bits per heavy atom. The highest BCUT2D eigenvalue weighted by molar-refractivity contribution is 5.85. The smallest absolute Gasteiger partial charge is 0.220 e. The second-order valence-electron chi connectivity index (χ2n) is 6.39. The van der Waals surface area contributed by atoms with Gasteiger partial charge in [0.1, 0.15) is 0 Å². The summed E-state index contributed by atoms with van der Waals surface area (Å²) in [4.78, 5) is 12.3. The minimum atomic E-state index is -0.0318. The molecule has 3 atom stereocenters. The summed E-state index contributed by atoms with van der Waals surface area (Å²) < 4.78 is 1.82. The van der Waals surface area contributed by atoms with Gasteiger partial charge in [0.2, 0.25) is 5.91 Å². The Labute approximate surface area is 149 Å². The second kappa shape index (κ2) is 8.31. The molecule has 1 amide bonds. The predicted octanol–water partition coefficient (Wildman–Crippen LogP) is 2.99. The van der Waals surface area contributed by atoms with E-state index in [4.69, 9.17) is 5.73 Å². The Bertz CT molecular complexity index is 659. The Balaban J connectivity index is 0.00000208. The number of nitrogens with one attached hydrogen (secondary N) is 1. The summed E-state index contributed by atoms with van der Waals surface area (Å²) in [7, 11) is 0. The molecule has 1 aliphatic carbocycles. The molecule has 1 saturated carbocycles. The van der Waals surface area contributed by atoms with Crippen LogP contribution in [0.5, 0.6) is 0 Å². The molecule has 1 heterocycles. The molecule has 3 rings (SSSR count). The van der Waals surface area contributed by atoms with Gasteiger partial charge in [0.15, 0.2) is 0 Å². The number of nitrogens with zero attached hydrogens (tertiary/aromatic N) is 2. The molecule has 1 aromatic carbocycles. The largest absolute Gasteiger partial charge is 0.350 e. The molecule has 1 aliphatic rings. The first-order valence-corrected chi connectivity index (χ1v) is 8.28. The number of aromatic nitrogens is 2. The van der Waals surface area contributed by atoms with Gasteiger partial charge in [-0.1, -0.05) is 18.6 Å². The van der Waals surface area contributed by atoms with Gasteiger partial charge in [-0.2, -0.15) is 5.10 Å². The highest BCUT2D eigenvalue weighted by Gasteiger charge is 2.26. The first-order chi connectivity index (χ1) is 11.1. The number of hydrogen-bond donors (Lipinski definition) is 2. The summed E-state index contributed by atoms with van der Waals surface area (Å²) in [5.74, 6) is 0.418. The van der Waals surface area contributed by atoms with Crippen LogP contribution in [-0.4, -0.2) is 21.7 Å². The number of carbonyl (C=O) groups excluding carboxylic acids is 1. The van der Waals surface area contributed by atoms with E-state index in [-0.39, 0.29) is 30.4 Å². The van der Waals surface area contributed by atoms with Crippen LogP contribution in [0.2, 0.25) is 0 Å². The fraction of sp³-hybridized carbons (Fsp3) is 0.444. The second-order valence-corrected chi connectivity index (χ2v) is 6.39. The number of amides is 1. The van der Waals surface area contributed by atoms with Crippen molar-refractivity contribution in [3.05, 3.63) is 48.3 Å². The lowest BCUT2D eigenvalue weighted by Gasteiger charge is -2.19. The zero-order valence-electron chi connectivity index (χ0n) is 13.9. The molecule has 0 radical (unpaired) electrons. The van der Waals surface area contributed by atoms with Crippen LogP contribution in [0.4, 0.5) is 0 Å². The molecule has 6 heteroatoms. The van der Waals surface area contributed by atoms with Gasteiger partial charge in [0.25, 0.3) is 0 Å². The third-order valence-electron chi connectivity index (χ3n) is 4.68. The van der Waals surface area contributed by atoms with Gasteiger partial charge in [-0.05, 0) is 49.4 Å². The van der Waals surface area contributed by atoms with E-state index in [1.807, 2.05) is 42.1 Å². The number of hydrogen-bond acceptors (Lipinski definition) is 3. The van der Waals surface area contributed by atoms with Crippen LogP contribution in [0.3, 0.4) is 0 Å². The minimum Gasteiger partial charge on any atom is -0.350 e. The normalized spacial score (nSPS) is 21.1. The maximum Gasteiger partial charge on any atom is 0.220 e. The average molecular weight is 349 g/mol. The lowest BCUT2D eigenvalue weighted by molar-refractivity contribution is -0.122. The summed E-state index contributed by atoms with van der Waals surface area (Å²) in [5.41, 5.74) is 8.12. The molecule has 24 heavy (non-hydrogen) atoms. The van der Waals surface area contributed by atoms with Crippen molar-refractivity contribution in [1.82, 2.24) is 15.1 Å². The number of nitrogens with two attached hydrogens (primary N) is 1. The topological polar surface area (TPSA) is 72.9 Å². The zero-order chi connectivity index (χ0) is 16.2. The van der Waals surface area contributed by atoms with Gasteiger partial charge in [0, 0.05) is 24.9 Å². The van der Waals surface area contributed by atoms with E-state index >= 15 is 0 Å². The van der Waals surface area contributed by atoms with Crippen molar-refractivity contribution in [2.75, 3.05) is 0 Å². The fourth-order valence-corrected chi connectivity index (χ4v) is 3.30. The lowest BCUT2D eigenvalue weighted by Crippen LogP contribution is -2.32. The molecule has 3 N–H and O–H groups in total. The molecule has 2 aromatic rings. The van der Waals surface area contributed by atoms with Gasteiger partial charge in [0.05, 0.1) is 11.7 Å². The van der Waals surface area contributed by atoms with Crippen molar-refractivity contribution < 1.29 is 4.79 Å². The molecular weight excluding hydrogens is 324 g/mol. The standard InChI is InChI=1S/C18H24N4O.ClH/c1-13(21-18(23)12-15-6-3-8-17(15)19)14-5-2-7-16(11-14)22-10-4-9-20-22;/h2,4-5,7,9-11,13,15,17H,3,6,8,12,19H2,1H3,(H,21,23);1H/t13?,15-,17+;/m0./s1. The van der Waals surface area contributed by atoms with E-state index in [9.17, 15) is 4.79 Å². The summed E-state index contributed by atoms with van der Waals surface area (Å²) in [5, 5.41) is 7.33. The van der Waals surface area contributed by atoms with Crippen molar-refractivity contribution >= 4 is 18.3 Å². The van der Waals surface area contributed by atoms with Gasteiger partial charge >= 0.3 is 0 Å². The van der Waals surface area contributed by atoms with E-state index < -0.39 is 0 Å².